The van der Waals surface area contributed by atoms with Crippen molar-refractivity contribution in [3.05, 3.63) is 77.4 Å². The normalized spacial score (nSPS) is 11.6. The van der Waals surface area contributed by atoms with Crippen molar-refractivity contribution in [1.82, 2.24) is 19.5 Å². The number of oxazole rings is 1. The number of hydrogen-bond acceptors (Lipinski definition) is 8. The molecule has 0 unspecified atom stereocenters. The van der Waals surface area contributed by atoms with Crippen molar-refractivity contribution in [1.29, 1.82) is 0 Å². The van der Waals surface area contributed by atoms with Gasteiger partial charge < -0.3 is 19.0 Å². The molecule has 0 spiro atoms. The number of aliphatic hydroxyl groups is 1. The largest absolute Gasteiger partial charge is 0.440 e. The molecule has 0 bridgehead atoms. The number of carbonyl (C=O) groups excluding carboxylic acids is 2. The van der Waals surface area contributed by atoms with E-state index in [0.29, 0.717) is 38.8 Å². The van der Waals surface area contributed by atoms with Crippen molar-refractivity contribution < 1.29 is 19.1 Å². The minimum atomic E-state index is -1.07. The van der Waals surface area contributed by atoms with Gasteiger partial charge in [-0.25, -0.2) is 9.97 Å². The van der Waals surface area contributed by atoms with Gasteiger partial charge in [-0.3, -0.25) is 19.9 Å². The fourth-order valence-corrected chi connectivity index (χ4v) is 4.85. The van der Waals surface area contributed by atoms with E-state index in [1.165, 1.54) is 16.2 Å². The minimum absolute atomic E-state index is 0.188. The number of carbonyl (C=O) groups is 2. The number of pyridine rings is 1. The molecule has 0 saturated carbocycles. The molecule has 2 amide bonds. The molecule has 0 radical (unpaired) electrons. The van der Waals surface area contributed by atoms with Crippen LogP contribution in [-0.2, 0) is 6.54 Å². The lowest BCUT2D eigenvalue weighted by atomic mass is 10.1. The molecule has 0 aliphatic heterocycles. The first kappa shape index (κ1) is 25.3. The van der Waals surface area contributed by atoms with Gasteiger partial charge in [0.25, 0.3) is 11.8 Å². The molecule has 1 aromatic carbocycles. The van der Waals surface area contributed by atoms with E-state index >= 15 is 0 Å². The van der Waals surface area contributed by atoms with Crippen LogP contribution in [0.5, 0.6) is 0 Å². The minimum Gasteiger partial charge on any atom is -0.440 e. The van der Waals surface area contributed by atoms with Gasteiger partial charge >= 0.3 is 0 Å². The number of amides is 2. The number of thiophene rings is 1. The van der Waals surface area contributed by atoms with Crippen molar-refractivity contribution in [2.45, 2.75) is 32.9 Å². The van der Waals surface area contributed by atoms with Crippen molar-refractivity contribution in [2.24, 2.45) is 0 Å². The number of benzene rings is 1. The van der Waals surface area contributed by atoms with Crippen LogP contribution in [0.2, 0.25) is 0 Å². The molecule has 0 aliphatic carbocycles. The molecular formula is C27H26N6O4S. The van der Waals surface area contributed by atoms with Gasteiger partial charge in [0.2, 0.25) is 5.95 Å². The van der Waals surface area contributed by atoms with E-state index in [1.807, 2.05) is 6.07 Å². The lowest BCUT2D eigenvalue weighted by Gasteiger charge is -2.20. The van der Waals surface area contributed by atoms with Crippen LogP contribution in [0.4, 0.5) is 11.6 Å². The summed E-state index contributed by atoms with van der Waals surface area (Å²) in [6.07, 6.45) is 4.76. The van der Waals surface area contributed by atoms with E-state index in [0.717, 1.165) is 4.88 Å². The summed E-state index contributed by atoms with van der Waals surface area (Å²) in [4.78, 5) is 41.6. The van der Waals surface area contributed by atoms with Gasteiger partial charge in [-0.05, 0) is 56.3 Å². The highest BCUT2D eigenvalue weighted by atomic mass is 32.1. The average molecular weight is 531 g/mol. The zero-order chi connectivity index (χ0) is 27.0. The Morgan fingerprint density at radius 2 is 1.92 bits per heavy atom. The fourth-order valence-electron chi connectivity index (χ4n) is 4.01. The molecule has 4 aromatic heterocycles. The second-order valence-electron chi connectivity index (χ2n) is 9.47. The van der Waals surface area contributed by atoms with Crippen molar-refractivity contribution in [3.63, 3.8) is 0 Å². The zero-order valence-corrected chi connectivity index (χ0v) is 22.1. The lowest BCUT2D eigenvalue weighted by Crippen LogP contribution is -2.27. The number of aryl methyl sites for hydroxylation is 1. The van der Waals surface area contributed by atoms with Gasteiger partial charge in [-0.2, -0.15) is 0 Å². The molecule has 0 fully saturated rings. The number of hydrogen-bond donors (Lipinski definition) is 2. The number of rotatable bonds is 7. The molecule has 194 valence electrons. The Balaban J connectivity index is 1.46. The molecule has 0 aliphatic rings. The first-order valence-electron chi connectivity index (χ1n) is 11.8. The van der Waals surface area contributed by atoms with Gasteiger partial charge in [0.05, 0.1) is 39.1 Å². The third-order valence-electron chi connectivity index (χ3n) is 5.82. The van der Waals surface area contributed by atoms with Gasteiger partial charge in [-0.1, -0.05) is 0 Å². The summed E-state index contributed by atoms with van der Waals surface area (Å²) in [5, 5.41) is 13.4. The highest BCUT2D eigenvalue weighted by Gasteiger charge is 2.23. The average Bonchev–Trinajstić information content (AvgIpc) is 3.62. The van der Waals surface area contributed by atoms with Crippen LogP contribution < -0.4 is 10.2 Å². The van der Waals surface area contributed by atoms with Crippen molar-refractivity contribution >= 4 is 45.8 Å². The van der Waals surface area contributed by atoms with E-state index in [2.05, 4.69) is 20.3 Å². The van der Waals surface area contributed by atoms with Gasteiger partial charge in [0.15, 0.2) is 11.7 Å². The molecule has 0 saturated heterocycles. The van der Waals surface area contributed by atoms with Crippen LogP contribution in [-0.4, -0.2) is 49.1 Å². The van der Waals surface area contributed by atoms with Gasteiger partial charge in [0.1, 0.15) is 0 Å². The maximum Gasteiger partial charge on any atom is 0.268 e. The van der Waals surface area contributed by atoms with Crippen LogP contribution in [0.1, 0.15) is 39.8 Å². The molecule has 4 heterocycles. The molecule has 2 N–H and O–H groups in total. The summed E-state index contributed by atoms with van der Waals surface area (Å²) in [6.45, 7) is 5.32. The molecular weight excluding hydrogens is 504 g/mol. The summed E-state index contributed by atoms with van der Waals surface area (Å²) >= 11 is 1.28. The predicted molar refractivity (Wildman–Crippen MR) is 146 cm³/mol. The smallest absolute Gasteiger partial charge is 0.268 e. The summed E-state index contributed by atoms with van der Waals surface area (Å²) in [5.74, 6) is 0.908. The maximum absolute atomic E-state index is 13.2. The number of nitrogens with zero attached hydrogens (tertiary/aromatic N) is 5. The lowest BCUT2D eigenvalue weighted by molar-refractivity contribution is 0.0630. The quantitative estimate of drug-likeness (QED) is 0.311. The number of nitrogens with one attached hydrogen (secondary N) is 1. The molecule has 0 atom stereocenters. The Morgan fingerprint density at radius 1 is 1.16 bits per heavy atom. The molecule has 11 heteroatoms. The Hall–Kier alpha value is -4.35. The Morgan fingerprint density at radius 3 is 2.61 bits per heavy atom. The van der Waals surface area contributed by atoms with Gasteiger partial charge in [0, 0.05) is 37.6 Å². The highest BCUT2D eigenvalue weighted by Crippen LogP contribution is 2.31. The summed E-state index contributed by atoms with van der Waals surface area (Å²) in [6, 6.07) is 12.2. The summed E-state index contributed by atoms with van der Waals surface area (Å²) in [5.41, 5.74) is 1.36. The number of imidazole rings is 1. The third kappa shape index (κ3) is 5.20. The molecule has 10 nitrogen and oxygen atoms in total. The van der Waals surface area contributed by atoms with Crippen LogP contribution >= 0.6 is 11.3 Å². The predicted octanol–water partition coefficient (Wildman–Crippen LogP) is 4.76. The molecule has 5 rings (SSSR count). The maximum atomic E-state index is 13.2. The standard InChI is InChI=1S/C27H26N6O4S/c1-16-29-14-21(37-16)22-7-8-23(38-22)24(34)31-26-30-19-13-18(5-6-20(19)33(26)15-27(2,3)36)32(4)25(35)17-9-11-28-12-10-17/h5-14,36H,15H2,1-4H3,(H,30,31,34). The molecule has 38 heavy (non-hydrogen) atoms. The van der Waals surface area contributed by atoms with Crippen LogP contribution in [0, 0.1) is 6.92 Å². The molecule has 5 aromatic rings. The Kier molecular flexibility index (Phi) is 6.55. The first-order chi connectivity index (χ1) is 18.1. The van der Waals surface area contributed by atoms with E-state index in [4.69, 9.17) is 4.42 Å². The monoisotopic (exact) mass is 530 g/mol. The van der Waals surface area contributed by atoms with Gasteiger partial charge in [-0.15, -0.1) is 11.3 Å². The number of fused-ring (bicyclic) bond motifs is 1. The summed E-state index contributed by atoms with van der Waals surface area (Å²) < 4.78 is 7.32. The number of anilines is 2. The SMILES string of the molecule is Cc1ncc(-c2ccc(C(=O)Nc3nc4cc(N(C)C(=O)c5ccncc5)ccc4n3CC(C)(C)O)s2)o1. The fraction of sp³-hybridized carbons (Fsp3) is 0.222. The highest BCUT2D eigenvalue weighted by molar-refractivity contribution is 7.17. The second-order valence-corrected chi connectivity index (χ2v) is 10.6. The van der Waals surface area contributed by atoms with E-state index in [9.17, 15) is 14.7 Å². The van der Waals surface area contributed by atoms with Crippen molar-refractivity contribution in [3.8, 4) is 10.6 Å². The van der Waals surface area contributed by atoms with E-state index in [-0.39, 0.29) is 24.3 Å². The van der Waals surface area contributed by atoms with Crippen LogP contribution in [0.25, 0.3) is 21.7 Å². The first-order valence-corrected chi connectivity index (χ1v) is 12.7. The van der Waals surface area contributed by atoms with E-state index < -0.39 is 5.60 Å². The van der Waals surface area contributed by atoms with Crippen LogP contribution in [0.3, 0.4) is 0 Å². The third-order valence-corrected chi connectivity index (χ3v) is 6.91. The van der Waals surface area contributed by atoms with E-state index in [1.54, 1.807) is 87.4 Å². The topological polar surface area (TPSA) is 126 Å². The Labute approximate surface area is 222 Å². The zero-order valence-electron chi connectivity index (χ0n) is 21.3. The van der Waals surface area contributed by atoms with Crippen molar-refractivity contribution in [2.75, 3.05) is 17.3 Å². The summed E-state index contributed by atoms with van der Waals surface area (Å²) in [7, 11) is 1.69. The van der Waals surface area contributed by atoms with Crippen LogP contribution in [0.15, 0.2) is 65.5 Å². The Bertz CT molecular complexity index is 1630. The number of aromatic nitrogens is 4. The second kappa shape index (κ2) is 9.84.